The number of hydrogen-bond donors (Lipinski definition) is 1. The van der Waals surface area contributed by atoms with E-state index in [1.807, 2.05) is 23.1 Å². The molecule has 12 heteroatoms. The normalized spacial score (nSPS) is 22.6. The Balaban J connectivity index is 1.33. The summed E-state index contributed by atoms with van der Waals surface area (Å²) >= 11 is 9.55. The topological polar surface area (TPSA) is 111 Å². The quantitative estimate of drug-likeness (QED) is 0.376. The van der Waals surface area contributed by atoms with Gasteiger partial charge < -0.3 is 19.9 Å². The van der Waals surface area contributed by atoms with Crippen LogP contribution in [0.15, 0.2) is 51.8 Å². The van der Waals surface area contributed by atoms with Gasteiger partial charge in [0.1, 0.15) is 10.7 Å². The number of fused-ring (bicyclic) bond motifs is 1. The van der Waals surface area contributed by atoms with Gasteiger partial charge in [-0.25, -0.2) is 13.4 Å². The van der Waals surface area contributed by atoms with E-state index in [1.165, 1.54) is 10.4 Å². The lowest BCUT2D eigenvalue weighted by Gasteiger charge is -2.35. The third-order valence-electron chi connectivity index (χ3n) is 7.67. The van der Waals surface area contributed by atoms with Crippen molar-refractivity contribution in [2.45, 2.75) is 42.7 Å². The molecule has 210 valence electrons. The molecule has 5 rings (SSSR count). The number of para-hydroxylation sites is 2. The number of aromatic nitrogens is 2. The summed E-state index contributed by atoms with van der Waals surface area (Å²) in [6.07, 6.45) is 2.63. The van der Waals surface area contributed by atoms with Crippen molar-refractivity contribution in [3.05, 3.63) is 57.8 Å². The van der Waals surface area contributed by atoms with Gasteiger partial charge in [-0.15, -0.1) is 0 Å². The molecule has 1 aromatic heterocycles. The zero-order valence-electron chi connectivity index (χ0n) is 21.8. The summed E-state index contributed by atoms with van der Waals surface area (Å²) in [6, 6.07) is 12.1. The number of carbonyl (C=O) groups is 1. The molecule has 0 radical (unpaired) electrons. The van der Waals surface area contributed by atoms with Crippen LogP contribution in [0.4, 0.5) is 0 Å². The number of piperidine rings is 1. The largest absolute Gasteiger partial charge is 0.385 e. The second-order valence-electron chi connectivity index (χ2n) is 10.2. The Labute approximate surface area is 242 Å². The fourth-order valence-electron chi connectivity index (χ4n) is 5.70. The number of imidazole rings is 1. The average molecular weight is 639 g/mol. The second kappa shape index (κ2) is 11.8. The second-order valence-corrected chi connectivity index (χ2v) is 13.5. The zero-order chi connectivity index (χ0) is 27.7. The molecule has 3 aromatic rings. The summed E-state index contributed by atoms with van der Waals surface area (Å²) in [5.74, 6) is 0.341. The lowest BCUT2D eigenvalue weighted by Crippen LogP contribution is -2.47. The highest BCUT2D eigenvalue weighted by Crippen LogP contribution is 2.33. The van der Waals surface area contributed by atoms with Crippen molar-refractivity contribution in [2.24, 2.45) is 11.7 Å². The third kappa shape index (κ3) is 5.75. The molecule has 0 saturated carbocycles. The number of methoxy groups -OCH3 is 1. The number of benzene rings is 2. The van der Waals surface area contributed by atoms with Gasteiger partial charge in [-0.2, -0.15) is 4.31 Å². The smallest absolute Gasteiger partial charge is 0.244 e. The molecule has 39 heavy (non-hydrogen) atoms. The molecule has 2 fully saturated rings. The molecule has 2 aliphatic rings. The number of nitrogens with zero attached hydrogens (tertiary/aromatic N) is 4. The predicted molar refractivity (Wildman–Crippen MR) is 154 cm³/mol. The van der Waals surface area contributed by atoms with E-state index in [1.54, 1.807) is 19.2 Å². The van der Waals surface area contributed by atoms with Gasteiger partial charge in [-0.05, 0) is 49.6 Å². The highest BCUT2D eigenvalue weighted by Gasteiger charge is 2.44. The number of rotatable bonds is 8. The first-order chi connectivity index (χ1) is 18.7. The Morgan fingerprint density at radius 3 is 2.77 bits per heavy atom. The van der Waals surface area contributed by atoms with E-state index in [0.29, 0.717) is 24.2 Å². The van der Waals surface area contributed by atoms with Crippen molar-refractivity contribution < 1.29 is 17.9 Å². The van der Waals surface area contributed by atoms with E-state index < -0.39 is 22.0 Å². The first-order valence-corrected chi connectivity index (χ1v) is 15.8. The van der Waals surface area contributed by atoms with Crippen molar-refractivity contribution in [3.8, 4) is 0 Å². The predicted octanol–water partition coefficient (Wildman–Crippen LogP) is 3.84. The number of carbonyl (C=O) groups excluding carboxylic acids is 1. The van der Waals surface area contributed by atoms with E-state index in [9.17, 15) is 13.2 Å². The maximum Gasteiger partial charge on any atom is 0.244 e. The summed E-state index contributed by atoms with van der Waals surface area (Å²) < 4.78 is 36.2. The SMILES string of the molecule is COCCCn1c([C@@H]2CCCN(C(=O)[C@@H]3CN(S(=O)(=O)c4ccc(Br)cc4Cl)C[C@H]3N)C2)nc2ccccc21. The fraction of sp³-hybridized carbons (Fsp3) is 0.481. The summed E-state index contributed by atoms with van der Waals surface area (Å²) in [4.78, 5) is 20.6. The van der Waals surface area contributed by atoms with Crippen LogP contribution in [-0.2, 0) is 26.1 Å². The minimum atomic E-state index is -3.90. The minimum Gasteiger partial charge on any atom is -0.385 e. The summed E-state index contributed by atoms with van der Waals surface area (Å²) in [5.41, 5.74) is 8.40. The van der Waals surface area contributed by atoms with Gasteiger partial charge in [0.15, 0.2) is 0 Å². The first kappa shape index (κ1) is 28.5. The molecule has 0 bridgehead atoms. The summed E-state index contributed by atoms with van der Waals surface area (Å²) in [6.45, 7) is 2.69. The number of aryl methyl sites for hydroxylation is 1. The monoisotopic (exact) mass is 637 g/mol. The standard InChI is InChI=1S/C27H33BrClN5O4S/c1-38-13-5-12-34-24-8-3-2-7-23(24)31-26(34)18-6-4-11-32(15-18)27(35)20-16-33(17-22(20)30)39(36,37)25-10-9-19(28)14-21(25)29/h2-3,7-10,14,18,20,22H,4-6,11-13,15-17,30H2,1H3/t18-,20-,22-/m1/s1. The molecule has 3 atom stereocenters. The van der Waals surface area contributed by atoms with Gasteiger partial charge in [0.2, 0.25) is 15.9 Å². The number of amides is 1. The number of sulfonamides is 1. The van der Waals surface area contributed by atoms with Crippen molar-refractivity contribution in [2.75, 3.05) is 39.9 Å². The van der Waals surface area contributed by atoms with E-state index in [0.717, 1.165) is 42.7 Å². The fourth-order valence-corrected chi connectivity index (χ4v) is 8.22. The molecule has 2 N–H and O–H groups in total. The summed E-state index contributed by atoms with van der Waals surface area (Å²) in [5, 5.41) is 0.125. The van der Waals surface area contributed by atoms with Gasteiger partial charge in [-0.1, -0.05) is 39.7 Å². The van der Waals surface area contributed by atoms with E-state index in [4.69, 9.17) is 27.1 Å². The van der Waals surface area contributed by atoms with Gasteiger partial charge >= 0.3 is 0 Å². The number of ether oxygens (including phenoxy) is 1. The molecule has 2 aliphatic heterocycles. The molecular weight excluding hydrogens is 606 g/mol. The van der Waals surface area contributed by atoms with Crippen LogP contribution < -0.4 is 5.73 Å². The van der Waals surface area contributed by atoms with Gasteiger partial charge in [-0.3, -0.25) is 4.79 Å². The van der Waals surface area contributed by atoms with E-state index in [2.05, 4.69) is 26.6 Å². The third-order valence-corrected chi connectivity index (χ3v) is 10.5. The van der Waals surface area contributed by atoms with Crippen LogP contribution in [-0.4, -0.2) is 79.0 Å². The van der Waals surface area contributed by atoms with Crippen LogP contribution in [0.5, 0.6) is 0 Å². The van der Waals surface area contributed by atoms with Crippen LogP contribution in [0.1, 0.15) is 31.0 Å². The molecule has 2 aromatic carbocycles. The van der Waals surface area contributed by atoms with Crippen LogP contribution in [0.25, 0.3) is 11.0 Å². The number of nitrogens with two attached hydrogens (primary N) is 1. The minimum absolute atomic E-state index is 0.0121. The Morgan fingerprint density at radius 2 is 2.00 bits per heavy atom. The highest BCUT2D eigenvalue weighted by atomic mass is 79.9. The van der Waals surface area contributed by atoms with Crippen LogP contribution in [0, 0.1) is 5.92 Å². The van der Waals surface area contributed by atoms with Crippen molar-refractivity contribution >= 4 is 54.5 Å². The van der Waals surface area contributed by atoms with Crippen LogP contribution in [0.2, 0.25) is 5.02 Å². The van der Waals surface area contributed by atoms with Gasteiger partial charge in [0, 0.05) is 62.9 Å². The maximum atomic E-state index is 13.7. The molecular formula is C27H33BrClN5O4S. The number of likely N-dealkylation sites (tertiary alicyclic amines) is 1. The summed E-state index contributed by atoms with van der Waals surface area (Å²) in [7, 11) is -2.20. The van der Waals surface area contributed by atoms with Crippen LogP contribution >= 0.6 is 27.5 Å². The Morgan fingerprint density at radius 1 is 1.21 bits per heavy atom. The van der Waals surface area contributed by atoms with Crippen molar-refractivity contribution in [3.63, 3.8) is 0 Å². The molecule has 0 spiro atoms. The molecule has 0 aliphatic carbocycles. The van der Waals surface area contributed by atoms with Gasteiger partial charge in [0.05, 0.1) is 22.0 Å². The van der Waals surface area contributed by atoms with Crippen LogP contribution in [0.3, 0.4) is 0 Å². The first-order valence-electron chi connectivity index (χ1n) is 13.1. The lowest BCUT2D eigenvalue weighted by molar-refractivity contribution is -0.136. The Kier molecular flexibility index (Phi) is 8.65. The van der Waals surface area contributed by atoms with Crippen molar-refractivity contribution in [1.82, 2.24) is 18.8 Å². The molecule has 2 saturated heterocycles. The van der Waals surface area contributed by atoms with E-state index in [-0.39, 0.29) is 34.8 Å². The molecule has 9 nitrogen and oxygen atoms in total. The number of halogens is 2. The zero-order valence-corrected chi connectivity index (χ0v) is 25.0. The molecule has 1 amide bonds. The van der Waals surface area contributed by atoms with E-state index >= 15 is 0 Å². The maximum absolute atomic E-state index is 13.7. The Hall–Kier alpha value is -2.02. The van der Waals surface area contributed by atoms with Crippen molar-refractivity contribution in [1.29, 1.82) is 0 Å². The molecule has 0 unspecified atom stereocenters. The Bertz CT molecular complexity index is 1470. The molecule has 3 heterocycles. The number of hydrogen-bond acceptors (Lipinski definition) is 6. The lowest BCUT2D eigenvalue weighted by atomic mass is 9.94. The average Bonchev–Trinajstić information content (AvgIpc) is 3.49. The highest BCUT2D eigenvalue weighted by molar-refractivity contribution is 9.10. The van der Waals surface area contributed by atoms with Gasteiger partial charge in [0.25, 0.3) is 0 Å².